The molecule has 182 valence electrons. The van der Waals surface area contributed by atoms with E-state index in [2.05, 4.69) is 10.5 Å². The largest absolute Gasteiger partial charge is 0.494 e. The van der Waals surface area contributed by atoms with Crippen molar-refractivity contribution in [3.8, 4) is 17.2 Å². The maximum atomic E-state index is 12.4. The van der Waals surface area contributed by atoms with E-state index in [1.54, 1.807) is 48.5 Å². The van der Waals surface area contributed by atoms with Crippen LogP contribution in [0, 0.1) is 0 Å². The minimum atomic E-state index is -0.461. The number of carbonyl (C=O) groups is 2. The topological polar surface area (TPSA) is 86.2 Å². The first-order valence-electron chi connectivity index (χ1n) is 11.6. The number of ether oxygens (including phenoxy) is 3. The predicted molar refractivity (Wildman–Crippen MR) is 139 cm³/mol. The number of hydrazone groups is 1. The number of carbonyl (C=O) groups excluding carboxylic acids is 2. The molecule has 0 saturated heterocycles. The number of benzene rings is 4. The summed E-state index contributed by atoms with van der Waals surface area (Å²) in [6, 6.07) is 27.1. The van der Waals surface area contributed by atoms with Crippen molar-refractivity contribution in [3.63, 3.8) is 0 Å². The fourth-order valence-electron chi connectivity index (χ4n) is 3.37. The molecule has 0 aromatic heterocycles. The van der Waals surface area contributed by atoms with E-state index in [9.17, 15) is 9.59 Å². The molecule has 0 bridgehead atoms. The van der Waals surface area contributed by atoms with Gasteiger partial charge in [0.15, 0.2) is 6.61 Å². The van der Waals surface area contributed by atoms with Crippen LogP contribution in [0.2, 0.25) is 0 Å². The zero-order valence-electron chi connectivity index (χ0n) is 19.8. The van der Waals surface area contributed by atoms with Crippen molar-refractivity contribution in [1.29, 1.82) is 0 Å². The Balaban J connectivity index is 1.24. The lowest BCUT2D eigenvalue weighted by molar-refractivity contribution is -0.123. The fourth-order valence-corrected chi connectivity index (χ4v) is 3.37. The second-order valence-corrected chi connectivity index (χ2v) is 7.89. The van der Waals surface area contributed by atoms with Gasteiger partial charge in [-0.1, -0.05) is 43.3 Å². The summed E-state index contributed by atoms with van der Waals surface area (Å²) in [7, 11) is 0. The number of hydrogen-bond acceptors (Lipinski definition) is 6. The summed E-state index contributed by atoms with van der Waals surface area (Å²) < 4.78 is 16.6. The molecular formula is C29H26N2O5. The molecule has 4 rings (SSSR count). The quantitative estimate of drug-likeness (QED) is 0.142. The SMILES string of the molecule is CCCOc1ccc(C(=O)Oc2ccc(/C=N\NC(=O)COc3cccc4ccccc34)cc2)cc1. The van der Waals surface area contributed by atoms with Crippen molar-refractivity contribution in [3.05, 3.63) is 102 Å². The Morgan fingerprint density at radius 2 is 1.56 bits per heavy atom. The molecule has 7 heteroatoms. The monoisotopic (exact) mass is 482 g/mol. The van der Waals surface area contributed by atoms with Crippen LogP contribution in [0.1, 0.15) is 29.3 Å². The van der Waals surface area contributed by atoms with Crippen molar-refractivity contribution >= 4 is 28.9 Å². The molecular weight excluding hydrogens is 456 g/mol. The highest BCUT2D eigenvalue weighted by molar-refractivity contribution is 5.91. The highest BCUT2D eigenvalue weighted by Crippen LogP contribution is 2.25. The molecule has 0 fully saturated rings. The van der Waals surface area contributed by atoms with Crippen molar-refractivity contribution in [2.45, 2.75) is 13.3 Å². The number of rotatable bonds is 10. The molecule has 0 spiro atoms. The molecule has 36 heavy (non-hydrogen) atoms. The first-order chi connectivity index (χ1) is 17.6. The summed E-state index contributed by atoms with van der Waals surface area (Å²) in [5, 5.41) is 5.94. The Morgan fingerprint density at radius 1 is 0.833 bits per heavy atom. The highest BCUT2D eigenvalue weighted by atomic mass is 16.5. The zero-order valence-corrected chi connectivity index (χ0v) is 19.8. The normalized spacial score (nSPS) is 10.8. The highest BCUT2D eigenvalue weighted by Gasteiger charge is 2.09. The van der Waals surface area contributed by atoms with E-state index >= 15 is 0 Å². The van der Waals surface area contributed by atoms with Crippen LogP contribution in [0.25, 0.3) is 10.8 Å². The van der Waals surface area contributed by atoms with E-state index in [4.69, 9.17) is 14.2 Å². The maximum Gasteiger partial charge on any atom is 0.343 e. The van der Waals surface area contributed by atoms with Gasteiger partial charge < -0.3 is 14.2 Å². The first-order valence-corrected chi connectivity index (χ1v) is 11.6. The van der Waals surface area contributed by atoms with E-state index in [0.29, 0.717) is 29.4 Å². The van der Waals surface area contributed by atoms with Crippen molar-refractivity contribution < 1.29 is 23.8 Å². The molecule has 0 aliphatic heterocycles. The minimum absolute atomic E-state index is 0.161. The van der Waals surface area contributed by atoms with E-state index < -0.39 is 5.97 Å². The van der Waals surface area contributed by atoms with Crippen molar-refractivity contribution in [2.24, 2.45) is 5.10 Å². The van der Waals surface area contributed by atoms with Gasteiger partial charge >= 0.3 is 5.97 Å². The second kappa shape index (κ2) is 12.2. The Bertz CT molecular complexity index is 1340. The lowest BCUT2D eigenvalue weighted by atomic mass is 10.1. The van der Waals surface area contributed by atoms with Crippen LogP contribution in [0.3, 0.4) is 0 Å². The predicted octanol–water partition coefficient (Wildman–Crippen LogP) is 5.38. The van der Waals surface area contributed by atoms with Crippen LogP contribution in [0.15, 0.2) is 96.1 Å². The van der Waals surface area contributed by atoms with Crippen LogP contribution in [-0.4, -0.2) is 31.3 Å². The molecule has 4 aromatic carbocycles. The Kier molecular flexibility index (Phi) is 8.27. The lowest BCUT2D eigenvalue weighted by Crippen LogP contribution is -2.24. The van der Waals surface area contributed by atoms with Gasteiger partial charge in [-0.25, -0.2) is 10.2 Å². The molecule has 0 radical (unpaired) electrons. The number of nitrogens with zero attached hydrogens (tertiary/aromatic N) is 1. The van der Waals surface area contributed by atoms with Crippen molar-refractivity contribution in [1.82, 2.24) is 5.43 Å². The molecule has 0 atom stereocenters. The summed E-state index contributed by atoms with van der Waals surface area (Å²) in [5.41, 5.74) is 3.60. The molecule has 1 N–H and O–H groups in total. The number of nitrogens with one attached hydrogen (secondary N) is 1. The number of fused-ring (bicyclic) bond motifs is 1. The summed E-state index contributed by atoms with van der Waals surface area (Å²) in [4.78, 5) is 24.5. The first kappa shape index (κ1) is 24.5. The molecule has 0 aliphatic carbocycles. The smallest absolute Gasteiger partial charge is 0.343 e. The van der Waals surface area contributed by atoms with Gasteiger partial charge in [-0.3, -0.25) is 4.79 Å². The van der Waals surface area contributed by atoms with Gasteiger partial charge in [-0.15, -0.1) is 0 Å². The van der Waals surface area contributed by atoms with Crippen LogP contribution < -0.4 is 19.6 Å². The Labute approximate surface area is 209 Å². The molecule has 0 unspecified atom stereocenters. The maximum absolute atomic E-state index is 12.4. The van der Waals surface area contributed by atoms with Gasteiger partial charge in [0.2, 0.25) is 0 Å². The number of amides is 1. The third-order valence-electron chi connectivity index (χ3n) is 5.16. The standard InChI is InChI=1S/C29H26N2O5/c1-2-18-34-24-16-12-23(13-17-24)29(33)36-25-14-10-21(11-15-25)19-30-31-28(32)20-35-27-9-5-7-22-6-3-4-8-26(22)27/h3-17,19H,2,18,20H2,1H3,(H,31,32)/b30-19-. The summed E-state index contributed by atoms with van der Waals surface area (Å²) in [6.07, 6.45) is 2.41. The fraction of sp³-hybridized carbons (Fsp3) is 0.138. The second-order valence-electron chi connectivity index (χ2n) is 7.89. The lowest BCUT2D eigenvalue weighted by Gasteiger charge is -2.08. The Hall–Kier alpha value is -4.65. The average molecular weight is 483 g/mol. The van der Waals surface area contributed by atoms with E-state index in [1.165, 1.54) is 6.21 Å². The number of hydrogen-bond donors (Lipinski definition) is 1. The van der Waals surface area contributed by atoms with Gasteiger partial charge in [0, 0.05) is 5.39 Å². The molecule has 0 heterocycles. The van der Waals surface area contributed by atoms with Gasteiger partial charge in [0.1, 0.15) is 17.2 Å². The molecule has 0 saturated carbocycles. The van der Waals surface area contributed by atoms with E-state index in [0.717, 1.165) is 22.8 Å². The van der Waals surface area contributed by atoms with E-state index in [1.807, 2.05) is 49.4 Å². The average Bonchev–Trinajstić information content (AvgIpc) is 2.92. The van der Waals surface area contributed by atoms with Crippen molar-refractivity contribution in [2.75, 3.05) is 13.2 Å². The molecule has 1 amide bonds. The van der Waals surface area contributed by atoms with Gasteiger partial charge in [-0.05, 0) is 72.0 Å². The van der Waals surface area contributed by atoms with E-state index in [-0.39, 0.29) is 12.5 Å². The third-order valence-corrected chi connectivity index (χ3v) is 5.16. The third kappa shape index (κ3) is 6.70. The Morgan fingerprint density at radius 3 is 2.33 bits per heavy atom. The summed E-state index contributed by atoms with van der Waals surface area (Å²) in [6.45, 7) is 2.50. The van der Waals surface area contributed by atoms with Crippen LogP contribution in [0.5, 0.6) is 17.2 Å². The number of esters is 1. The summed E-state index contributed by atoms with van der Waals surface area (Å²) >= 11 is 0. The van der Waals surface area contributed by atoms with Crippen LogP contribution >= 0.6 is 0 Å². The molecule has 4 aromatic rings. The zero-order chi connectivity index (χ0) is 25.2. The van der Waals surface area contributed by atoms with Crippen LogP contribution in [-0.2, 0) is 4.79 Å². The minimum Gasteiger partial charge on any atom is -0.494 e. The molecule has 0 aliphatic rings. The molecule has 7 nitrogen and oxygen atoms in total. The summed E-state index contributed by atoms with van der Waals surface area (Å²) in [5.74, 6) is 0.908. The van der Waals surface area contributed by atoms with Gasteiger partial charge in [-0.2, -0.15) is 5.10 Å². The van der Waals surface area contributed by atoms with Gasteiger partial charge in [0.05, 0.1) is 18.4 Å². The van der Waals surface area contributed by atoms with Gasteiger partial charge in [0.25, 0.3) is 5.91 Å². The van der Waals surface area contributed by atoms with Crippen LogP contribution in [0.4, 0.5) is 0 Å².